The number of likely N-dealkylation sites (N-methyl/N-ethyl adjacent to an activating group) is 1. The van der Waals surface area contributed by atoms with Crippen LogP contribution in [0, 0.1) is 0 Å². The largest absolute Gasteiger partial charge is 0.480 e. The summed E-state index contributed by atoms with van der Waals surface area (Å²) in [6, 6.07) is 6.45. The number of carboxylic acids is 1. The van der Waals surface area contributed by atoms with Crippen LogP contribution in [-0.2, 0) is 20.7 Å². The lowest BCUT2D eigenvalue weighted by Crippen LogP contribution is -2.54. The van der Waals surface area contributed by atoms with Crippen LogP contribution >= 0.6 is 11.8 Å². The van der Waals surface area contributed by atoms with Gasteiger partial charge >= 0.3 is 12.1 Å². The molecule has 8 heteroatoms. The quantitative estimate of drug-likeness (QED) is 0.697. The number of nitrogens with zero attached hydrogens (tertiary/aromatic N) is 1. The Labute approximate surface area is 168 Å². The van der Waals surface area contributed by atoms with Crippen molar-refractivity contribution < 1.29 is 28.3 Å². The van der Waals surface area contributed by atoms with Crippen LogP contribution in [0.5, 0.6) is 0 Å². The summed E-state index contributed by atoms with van der Waals surface area (Å²) in [6.45, 7) is 5.04. The van der Waals surface area contributed by atoms with Gasteiger partial charge in [-0.05, 0) is 32.5 Å². The number of hydrogen-bond donors (Lipinski definition) is 2. The van der Waals surface area contributed by atoms with Crippen LogP contribution in [-0.4, -0.2) is 64.6 Å². The molecule has 0 aromatic heterocycles. The number of thioether (sulfide) groups is 1. The number of carbonyl (C=O) groups excluding carboxylic acids is 2. The zero-order valence-corrected chi connectivity index (χ0v) is 16.7. The molecule has 0 aliphatic rings. The molecule has 27 heavy (non-hydrogen) atoms. The molecule has 2 N–H and O–H groups in total. The van der Waals surface area contributed by atoms with Crippen molar-refractivity contribution in [2.24, 2.45) is 0 Å². The summed E-state index contributed by atoms with van der Waals surface area (Å²) >= 11 is 0.466. The summed E-state index contributed by atoms with van der Waals surface area (Å²) in [5, 5.41) is 12.0. The maximum Gasteiger partial charge on any atom is 0.408 e. The molecule has 0 spiro atoms. The monoisotopic (exact) mass is 399 g/mol. The van der Waals surface area contributed by atoms with E-state index in [2.05, 4.69) is 5.32 Å². The second kappa shape index (κ2) is 10.2. The predicted octanol–water partition coefficient (Wildman–Crippen LogP) is 2.40. The fourth-order valence-electron chi connectivity index (χ4n) is 2.33. The van der Waals surface area contributed by atoms with E-state index in [0.29, 0.717) is 11.8 Å². The van der Waals surface area contributed by atoms with Crippen molar-refractivity contribution in [2.75, 3.05) is 19.0 Å². The van der Waals surface area contributed by atoms with Crippen molar-refractivity contribution in [1.29, 1.82) is 0 Å². The molecule has 0 saturated heterocycles. The number of amides is 2. The van der Waals surface area contributed by atoms with Gasteiger partial charge in [0.2, 0.25) is 5.91 Å². The Morgan fingerprint density at radius 1 is 1.30 bits per heavy atom. The Bertz CT molecular complexity index is 738. The third-order valence-electron chi connectivity index (χ3n) is 3.61. The first-order chi connectivity index (χ1) is 13.7. The molecule has 0 aliphatic heterocycles. The maximum atomic E-state index is 13.1. The Hall–Kier alpha value is -2.22. The minimum absolute atomic E-state index is 0.113. The predicted molar refractivity (Wildman–Crippen MR) is 106 cm³/mol. The van der Waals surface area contributed by atoms with Crippen molar-refractivity contribution >= 4 is 29.7 Å². The number of carboxylic acid groups (broad SMARTS) is 1. The molecule has 1 aromatic carbocycles. The van der Waals surface area contributed by atoms with Crippen molar-refractivity contribution in [1.82, 2.24) is 10.2 Å². The van der Waals surface area contributed by atoms with Gasteiger partial charge in [0.15, 0.2) is 0 Å². The number of hydrogen-bond acceptors (Lipinski definition) is 5. The summed E-state index contributed by atoms with van der Waals surface area (Å²) in [6.07, 6.45) is -3.09. The maximum absolute atomic E-state index is 13.1. The third kappa shape index (κ3) is 7.90. The average Bonchev–Trinajstić information content (AvgIpc) is 2.58. The first-order valence-electron chi connectivity index (χ1n) is 9.86. The van der Waals surface area contributed by atoms with Gasteiger partial charge in [0.05, 0.1) is 0 Å². The van der Waals surface area contributed by atoms with Crippen LogP contribution in [0.4, 0.5) is 4.79 Å². The number of nitrogens with one attached hydrogen (secondary N) is 1. The highest BCUT2D eigenvalue weighted by Crippen LogP contribution is 2.12. The summed E-state index contributed by atoms with van der Waals surface area (Å²) in [5.41, 5.74) is -0.0277. The van der Waals surface area contributed by atoms with Crippen molar-refractivity contribution in [2.45, 2.75) is 44.9 Å². The van der Waals surface area contributed by atoms with Gasteiger partial charge in [-0.25, -0.2) is 9.59 Å². The molecule has 2 atom stereocenters. The molecule has 150 valence electrons. The van der Waals surface area contributed by atoms with Crippen molar-refractivity contribution in [3.8, 4) is 0 Å². The molecule has 0 heterocycles. The average molecular weight is 400 g/mol. The van der Waals surface area contributed by atoms with Gasteiger partial charge in [0.1, 0.15) is 17.7 Å². The molecule has 2 amide bonds. The standard InChI is InChI=1S/C19H28N2O5S/c1-19(2,3)26-18(25)20-14(11-13-9-7-6-8-10-13)16(22)21(4)15(12-27-5)17(23)24/h6-10,14-15H,11-12H2,1-5H3,(H,20,25)(H,23,24)/t14-,15-/m0/s1/i5D3. The van der Waals surface area contributed by atoms with Crippen molar-refractivity contribution in [3.05, 3.63) is 35.9 Å². The topological polar surface area (TPSA) is 95.9 Å². The minimum Gasteiger partial charge on any atom is -0.480 e. The fraction of sp³-hybridized carbons (Fsp3) is 0.526. The van der Waals surface area contributed by atoms with E-state index in [1.807, 2.05) is 0 Å². The lowest BCUT2D eigenvalue weighted by atomic mass is 10.0. The molecule has 1 aromatic rings. The van der Waals surface area contributed by atoms with Crippen LogP contribution in [0.15, 0.2) is 30.3 Å². The zero-order valence-electron chi connectivity index (χ0n) is 18.9. The Morgan fingerprint density at radius 2 is 1.93 bits per heavy atom. The lowest BCUT2D eigenvalue weighted by Gasteiger charge is -2.29. The Balaban J connectivity index is 3.05. The van der Waals surface area contributed by atoms with Crippen LogP contribution in [0.2, 0.25) is 0 Å². The number of carbonyl (C=O) groups is 3. The van der Waals surface area contributed by atoms with Crippen LogP contribution < -0.4 is 5.32 Å². The highest BCUT2D eigenvalue weighted by atomic mass is 32.2. The van der Waals surface area contributed by atoms with Crippen molar-refractivity contribution in [3.63, 3.8) is 0 Å². The van der Waals surface area contributed by atoms with E-state index < -0.39 is 41.8 Å². The Morgan fingerprint density at radius 3 is 2.44 bits per heavy atom. The fourth-order valence-corrected chi connectivity index (χ4v) is 2.85. The molecule has 0 aliphatic carbocycles. The van der Waals surface area contributed by atoms with E-state index in [4.69, 9.17) is 8.85 Å². The molecule has 0 bridgehead atoms. The second-order valence-corrected chi connectivity index (χ2v) is 7.62. The van der Waals surface area contributed by atoms with Gasteiger partial charge < -0.3 is 20.1 Å². The van der Waals surface area contributed by atoms with Gasteiger partial charge in [-0.1, -0.05) is 30.3 Å². The molecule has 0 saturated carbocycles. The molecular formula is C19H28N2O5S. The molecule has 7 nitrogen and oxygen atoms in total. The third-order valence-corrected chi connectivity index (χ3v) is 4.10. The molecule has 0 radical (unpaired) electrons. The van der Waals surface area contributed by atoms with E-state index in [9.17, 15) is 19.5 Å². The SMILES string of the molecule is [2H]C([2H])([2H])SC[C@@H](C(=O)O)N(C)C(=O)[C@H](Cc1ccccc1)NC(=O)OC(C)(C)C. The van der Waals surface area contributed by atoms with Crippen LogP contribution in [0.25, 0.3) is 0 Å². The van der Waals surface area contributed by atoms with E-state index in [1.165, 1.54) is 7.05 Å². The highest BCUT2D eigenvalue weighted by Gasteiger charge is 2.32. The summed E-state index contributed by atoms with van der Waals surface area (Å²) in [5.74, 6) is -2.32. The molecule has 0 unspecified atom stereocenters. The number of aliphatic carboxylic acids is 1. The van der Waals surface area contributed by atoms with Gasteiger partial charge in [-0.2, -0.15) is 11.8 Å². The summed E-state index contributed by atoms with van der Waals surface area (Å²) in [4.78, 5) is 37.9. The number of rotatable bonds is 8. The molecular weight excluding hydrogens is 368 g/mol. The van der Waals surface area contributed by atoms with Gasteiger partial charge in [0, 0.05) is 23.3 Å². The van der Waals surface area contributed by atoms with Gasteiger partial charge in [-0.3, -0.25) is 4.79 Å². The number of benzene rings is 1. The zero-order chi connectivity index (χ0) is 23.1. The highest BCUT2D eigenvalue weighted by molar-refractivity contribution is 7.98. The van der Waals surface area contributed by atoms with E-state index in [0.717, 1.165) is 10.5 Å². The smallest absolute Gasteiger partial charge is 0.408 e. The summed E-state index contributed by atoms with van der Waals surface area (Å²) < 4.78 is 27.0. The first kappa shape index (κ1) is 18.2. The Kier molecular flexibility index (Phi) is 6.86. The second-order valence-electron chi connectivity index (χ2n) is 7.00. The van der Waals surface area contributed by atoms with Crippen LogP contribution in [0.3, 0.4) is 0 Å². The van der Waals surface area contributed by atoms with Gasteiger partial charge in [-0.15, -0.1) is 0 Å². The van der Waals surface area contributed by atoms with E-state index >= 15 is 0 Å². The minimum atomic E-state index is -2.39. The number of ether oxygens (including phenoxy) is 1. The van der Waals surface area contributed by atoms with E-state index in [1.54, 1.807) is 51.1 Å². The summed E-state index contributed by atoms with van der Waals surface area (Å²) in [7, 11) is 1.27. The first-order valence-corrected chi connectivity index (χ1v) is 9.35. The molecule has 1 rings (SSSR count). The normalized spacial score (nSPS) is 15.5. The van der Waals surface area contributed by atoms with Gasteiger partial charge in [0.25, 0.3) is 0 Å². The number of alkyl carbamates (subject to hydrolysis) is 1. The van der Waals surface area contributed by atoms with Crippen LogP contribution in [0.1, 0.15) is 30.4 Å². The van der Waals surface area contributed by atoms with E-state index in [-0.39, 0.29) is 12.2 Å². The molecule has 0 fully saturated rings. The lowest BCUT2D eigenvalue weighted by molar-refractivity contribution is -0.148.